The minimum Gasteiger partial charge on any atom is -0.461 e. The van der Waals surface area contributed by atoms with Crippen molar-refractivity contribution in [1.29, 1.82) is 0 Å². The van der Waals surface area contributed by atoms with E-state index < -0.39 is 34.4 Å². The zero-order chi connectivity index (χ0) is 17.6. The molecule has 0 aliphatic heterocycles. The SMILES string of the molecule is CCC1=C(C)CC(OC(=O)[C@@H]2[C@H](/C=C(\Cl)C(F)(F)F)C2(C)C)C1. The van der Waals surface area contributed by atoms with E-state index in [1.807, 2.05) is 6.92 Å². The van der Waals surface area contributed by atoms with Crippen LogP contribution in [-0.4, -0.2) is 18.2 Å². The van der Waals surface area contributed by atoms with Gasteiger partial charge in [-0.1, -0.05) is 49.6 Å². The molecule has 1 saturated carbocycles. The first-order chi connectivity index (χ1) is 10.5. The van der Waals surface area contributed by atoms with Crippen molar-refractivity contribution in [3.8, 4) is 0 Å². The number of carbonyl (C=O) groups is 1. The second-order valence-electron chi connectivity index (χ2n) is 7.04. The second kappa shape index (κ2) is 6.15. The molecule has 0 radical (unpaired) electrons. The van der Waals surface area contributed by atoms with E-state index in [2.05, 4.69) is 6.92 Å². The quantitative estimate of drug-likeness (QED) is 0.503. The lowest BCUT2D eigenvalue weighted by Gasteiger charge is -2.13. The van der Waals surface area contributed by atoms with Gasteiger partial charge in [0.15, 0.2) is 0 Å². The summed E-state index contributed by atoms with van der Waals surface area (Å²) in [5, 5.41) is -1.17. The highest BCUT2D eigenvalue weighted by Gasteiger charge is 2.62. The van der Waals surface area contributed by atoms with E-state index >= 15 is 0 Å². The van der Waals surface area contributed by atoms with E-state index in [-0.39, 0.29) is 6.10 Å². The average molecular weight is 351 g/mol. The van der Waals surface area contributed by atoms with Gasteiger partial charge in [0, 0.05) is 12.8 Å². The van der Waals surface area contributed by atoms with Crippen LogP contribution in [0.1, 0.15) is 47.0 Å². The normalized spacial score (nSPS) is 30.6. The molecule has 0 spiro atoms. The molecule has 2 rings (SSSR count). The number of halogens is 4. The van der Waals surface area contributed by atoms with Crippen LogP contribution in [0.5, 0.6) is 0 Å². The second-order valence-corrected chi connectivity index (χ2v) is 7.45. The van der Waals surface area contributed by atoms with Gasteiger partial charge in [-0.25, -0.2) is 0 Å². The molecule has 2 aliphatic rings. The molecule has 6 heteroatoms. The summed E-state index contributed by atoms with van der Waals surface area (Å²) in [6.07, 6.45) is -1.44. The molecular weight excluding hydrogens is 329 g/mol. The fourth-order valence-electron chi connectivity index (χ4n) is 3.47. The molecule has 2 aliphatic carbocycles. The van der Waals surface area contributed by atoms with Crippen molar-refractivity contribution in [2.45, 2.75) is 59.2 Å². The monoisotopic (exact) mass is 350 g/mol. The minimum absolute atomic E-state index is 0.184. The van der Waals surface area contributed by atoms with Crippen LogP contribution in [0.15, 0.2) is 22.3 Å². The van der Waals surface area contributed by atoms with Crippen LogP contribution < -0.4 is 0 Å². The van der Waals surface area contributed by atoms with Gasteiger partial charge in [0.2, 0.25) is 0 Å². The summed E-state index contributed by atoms with van der Waals surface area (Å²) in [4.78, 5) is 12.3. The van der Waals surface area contributed by atoms with Crippen LogP contribution in [0.3, 0.4) is 0 Å². The van der Waals surface area contributed by atoms with Crippen LogP contribution in [-0.2, 0) is 9.53 Å². The van der Waals surface area contributed by atoms with Crippen molar-refractivity contribution in [1.82, 2.24) is 0 Å². The molecule has 0 N–H and O–H groups in total. The van der Waals surface area contributed by atoms with Crippen molar-refractivity contribution >= 4 is 17.6 Å². The third-order valence-electron chi connectivity index (χ3n) is 5.08. The van der Waals surface area contributed by atoms with Crippen molar-refractivity contribution < 1.29 is 22.7 Å². The molecule has 1 fully saturated rings. The maximum absolute atomic E-state index is 12.5. The molecule has 23 heavy (non-hydrogen) atoms. The third kappa shape index (κ3) is 3.76. The van der Waals surface area contributed by atoms with Crippen molar-refractivity contribution in [2.75, 3.05) is 0 Å². The Labute approximate surface area is 139 Å². The highest BCUT2D eigenvalue weighted by molar-refractivity contribution is 6.30. The van der Waals surface area contributed by atoms with Gasteiger partial charge in [-0.2, -0.15) is 13.2 Å². The minimum atomic E-state index is -4.57. The van der Waals surface area contributed by atoms with E-state index in [0.717, 1.165) is 18.9 Å². The Morgan fingerprint density at radius 3 is 2.48 bits per heavy atom. The first-order valence-corrected chi connectivity index (χ1v) is 8.18. The third-order valence-corrected chi connectivity index (χ3v) is 5.42. The molecule has 0 aromatic rings. The summed E-state index contributed by atoms with van der Waals surface area (Å²) in [7, 11) is 0. The molecule has 1 unspecified atom stereocenters. The van der Waals surface area contributed by atoms with Gasteiger partial charge in [0.25, 0.3) is 0 Å². The Morgan fingerprint density at radius 1 is 1.39 bits per heavy atom. The first-order valence-electron chi connectivity index (χ1n) is 7.81. The number of hydrogen-bond acceptors (Lipinski definition) is 2. The van der Waals surface area contributed by atoms with E-state index in [1.54, 1.807) is 13.8 Å². The summed E-state index contributed by atoms with van der Waals surface area (Å²) >= 11 is 5.29. The van der Waals surface area contributed by atoms with Crippen LogP contribution >= 0.6 is 11.6 Å². The molecule has 0 amide bonds. The molecule has 0 saturated heterocycles. The van der Waals surface area contributed by atoms with Gasteiger partial charge in [-0.05, 0) is 24.7 Å². The highest BCUT2D eigenvalue weighted by atomic mass is 35.5. The van der Waals surface area contributed by atoms with Gasteiger partial charge < -0.3 is 4.74 Å². The first kappa shape index (κ1) is 18.4. The number of esters is 1. The summed E-state index contributed by atoms with van der Waals surface area (Å²) in [5.74, 6) is -1.52. The largest absolute Gasteiger partial charge is 0.461 e. The lowest BCUT2D eigenvalue weighted by molar-refractivity contribution is -0.151. The Kier molecular flexibility index (Phi) is 4.91. The van der Waals surface area contributed by atoms with Crippen molar-refractivity contribution in [3.63, 3.8) is 0 Å². The van der Waals surface area contributed by atoms with E-state index in [4.69, 9.17) is 16.3 Å². The average Bonchev–Trinajstić information content (AvgIpc) is 2.76. The Balaban J connectivity index is 1.99. The lowest BCUT2D eigenvalue weighted by Crippen LogP contribution is -2.19. The number of ether oxygens (including phenoxy) is 1. The van der Waals surface area contributed by atoms with Crippen LogP contribution in [0.4, 0.5) is 13.2 Å². The fourth-order valence-corrected chi connectivity index (χ4v) is 3.60. The van der Waals surface area contributed by atoms with Gasteiger partial charge >= 0.3 is 12.1 Å². The topological polar surface area (TPSA) is 26.3 Å². The van der Waals surface area contributed by atoms with Crippen LogP contribution in [0.2, 0.25) is 0 Å². The maximum Gasteiger partial charge on any atom is 0.426 e. The highest BCUT2D eigenvalue weighted by Crippen LogP contribution is 2.60. The molecule has 0 bridgehead atoms. The van der Waals surface area contributed by atoms with Crippen LogP contribution in [0, 0.1) is 17.3 Å². The molecule has 3 atom stereocenters. The van der Waals surface area contributed by atoms with Crippen LogP contribution in [0.25, 0.3) is 0 Å². The number of carbonyl (C=O) groups excluding carboxylic acids is 1. The summed E-state index contributed by atoms with van der Waals surface area (Å²) in [5.41, 5.74) is 1.99. The predicted octanol–water partition coefficient (Wildman–Crippen LogP) is 5.38. The molecular formula is C17H22ClF3O2. The molecule has 0 heterocycles. The summed E-state index contributed by atoms with van der Waals surface area (Å²) in [6.45, 7) is 7.61. The predicted molar refractivity (Wildman–Crippen MR) is 82.9 cm³/mol. The van der Waals surface area contributed by atoms with Crippen molar-refractivity contribution in [3.05, 3.63) is 22.3 Å². The standard InChI is InChI=1S/C17H22ClF3O2/c1-5-10-7-11(6-9(10)2)23-15(22)14-12(16(14,3)4)8-13(18)17(19,20)21/h8,11-12,14H,5-7H2,1-4H3/b13-8-/t11?,12-,14-/m0/s1. The Morgan fingerprint density at radius 2 is 2.00 bits per heavy atom. The number of rotatable bonds is 4. The van der Waals surface area contributed by atoms with Gasteiger partial charge in [-0.3, -0.25) is 4.79 Å². The van der Waals surface area contributed by atoms with E-state index in [9.17, 15) is 18.0 Å². The maximum atomic E-state index is 12.5. The summed E-state index contributed by atoms with van der Waals surface area (Å²) in [6, 6.07) is 0. The van der Waals surface area contributed by atoms with Crippen molar-refractivity contribution in [2.24, 2.45) is 17.3 Å². The summed E-state index contributed by atoms with van der Waals surface area (Å²) < 4.78 is 43.2. The van der Waals surface area contributed by atoms with Gasteiger partial charge in [-0.15, -0.1) is 0 Å². The van der Waals surface area contributed by atoms with Gasteiger partial charge in [0.1, 0.15) is 11.1 Å². The fraction of sp³-hybridized carbons (Fsp3) is 0.706. The zero-order valence-corrected chi connectivity index (χ0v) is 14.5. The number of allylic oxidation sites excluding steroid dienone is 2. The number of hydrogen-bond donors (Lipinski definition) is 0. The van der Waals surface area contributed by atoms with E-state index in [0.29, 0.717) is 6.42 Å². The smallest absolute Gasteiger partial charge is 0.426 e. The zero-order valence-electron chi connectivity index (χ0n) is 13.8. The van der Waals surface area contributed by atoms with E-state index in [1.165, 1.54) is 11.1 Å². The number of alkyl halides is 3. The molecule has 130 valence electrons. The lowest BCUT2D eigenvalue weighted by atomic mass is 10.1. The molecule has 0 aromatic heterocycles. The Hall–Kier alpha value is -0.970. The molecule has 0 aromatic carbocycles. The Bertz CT molecular complexity index is 561. The van der Waals surface area contributed by atoms with Gasteiger partial charge in [0.05, 0.1) is 5.92 Å². The molecule has 2 nitrogen and oxygen atoms in total.